The molecule has 34 heavy (non-hydrogen) atoms. The number of hydrogen-bond donors (Lipinski definition) is 0. The van der Waals surface area contributed by atoms with E-state index in [1.54, 1.807) is 32.3 Å². The number of likely N-dealkylation sites (tertiary alicyclic amines) is 1. The molecule has 0 N–H and O–H groups in total. The van der Waals surface area contributed by atoms with Crippen molar-refractivity contribution < 1.29 is 23.1 Å². The maximum Gasteiger partial charge on any atom is 0.312 e. The molecule has 0 spiro atoms. The number of halogens is 4. The van der Waals surface area contributed by atoms with E-state index in [0.717, 1.165) is 17.0 Å². The van der Waals surface area contributed by atoms with Crippen LogP contribution >= 0.6 is 32.4 Å². The maximum absolute atomic E-state index is 14.0. The molecule has 1 amide bonds. The summed E-state index contributed by atoms with van der Waals surface area (Å²) in [4.78, 5) is 26.1. The second kappa shape index (κ2) is 9.25. The molecule has 5 nitrogen and oxygen atoms in total. The molecule has 1 aliphatic heterocycles. The minimum absolute atomic E-state index is 0.0607. The highest BCUT2D eigenvalue weighted by Gasteiger charge is 2.38. The van der Waals surface area contributed by atoms with Gasteiger partial charge in [-0.05, 0) is 47.7 Å². The van der Waals surface area contributed by atoms with Crippen molar-refractivity contribution in [3.63, 3.8) is 0 Å². The van der Waals surface area contributed by atoms with E-state index in [-0.39, 0.29) is 53.8 Å². The SMILES string of the molecule is COC(=O)C1CN(C(=O)c2ccc(Cl)c(Cc3cc4c(n3C)C=C(C(F)(F)P)CC4C)c2Cl)C1. The molecule has 1 aromatic carbocycles. The highest BCUT2D eigenvalue weighted by atomic mass is 35.5. The van der Waals surface area contributed by atoms with Crippen LogP contribution in [0.4, 0.5) is 8.78 Å². The third-order valence-corrected chi connectivity index (χ3v) is 7.84. The van der Waals surface area contributed by atoms with E-state index < -0.39 is 5.66 Å². The molecule has 0 bridgehead atoms. The summed E-state index contributed by atoms with van der Waals surface area (Å²) in [6.07, 6.45) is 2.16. The Kier molecular flexibility index (Phi) is 6.84. The van der Waals surface area contributed by atoms with Crippen LogP contribution in [0.2, 0.25) is 10.0 Å². The molecule has 0 saturated carbocycles. The van der Waals surface area contributed by atoms with E-state index in [1.807, 2.05) is 24.6 Å². The molecule has 2 aliphatic rings. The van der Waals surface area contributed by atoms with Crippen molar-refractivity contribution in [3.8, 4) is 0 Å². The van der Waals surface area contributed by atoms with Crippen molar-refractivity contribution >= 4 is 50.4 Å². The molecule has 1 aromatic heterocycles. The van der Waals surface area contributed by atoms with E-state index in [1.165, 1.54) is 7.11 Å². The van der Waals surface area contributed by atoms with Crippen LogP contribution in [0.1, 0.15) is 52.1 Å². The van der Waals surface area contributed by atoms with E-state index in [9.17, 15) is 18.4 Å². The summed E-state index contributed by atoms with van der Waals surface area (Å²) in [6.45, 7) is 2.48. The van der Waals surface area contributed by atoms with E-state index in [0.29, 0.717) is 22.6 Å². The Hall–Kier alpha value is -1.95. The molecular formula is C24H25Cl2F2N2O3P. The zero-order valence-electron chi connectivity index (χ0n) is 19.0. The molecule has 1 aliphatic carbocycles. The summed E-state index contributed by atoms with van der Waals surface area (Å²) in [5, 5.41) is 0.663. The highest BCUT2D eigenvalue weighted by Crippen LogP contribution is 2.44. The lowest BCUT2D eigenvalue weighted by Crippen LogP contribution is -2.53. The molecule has 2 aromatic rings. The average molecular weight is 529 g/mol. The Morgan fingerprint density at radius 1 is 1.26 bits per heavy atom. The number of hydrogen-bond acceptors (Lipinski definition) is 3. The Balaban J connectivity index is 1.62. The van der Waals surface area contributed by atoms with Crippen molar-refractivity contribution in [1.82, 2.24) is 9.47 Å². The van der Waals surface area contributed by atoms with Gasteiger partial charge in [-0.1, -0.05) is 39.4 Å². The highest BCUT2D eigenvalue weighted by molar-refractivity contribution is 7.18. The van der Waals surface area contributed by atoms with Crippen LogP contribution in [0.3, 0.4) is 0 Å². The number of aromatic nitrogens is 1. The molecule has 2 unspecified atom stereocenters. The first kappa shape index (κ1) is 25.2. The van der Waals surface area contributed by atoms with E-state index in [2.05, 4.69) is 0 Å². The fraction of sp³-hybridized carbons (Fsp3) is 0.417. The Bertz CT molecular complexity index is 1200. The Morgan fingerprint density at radius 2 is 1.94 bits per heavy atom. The zero-order valence-corrected chi connectivity index (χ0v) is 21.7. The number of rotatable bonds is 5. The fourth-order valence-corrected chi connectivity index (χ4v) is 5.36. The number of benzene rings is 1. The molecule has 10 heteroatoms. The first-order valence-corrected chi connectivity index (χ1v) is 12.2. The minimum Gasteiger partial charge on any atom is -0.469 e. The number of amides is 1. The Labute approximate surface area is 209 Å². The van der Waals surface area contributed by atoms with Crippen molar-refractivity contribution in [2.45, 2.75) is 31.3 Å². The summed E-state index contributed by atoms with van der Waals surface area (Å²) in [5.41, 5.74) is 0.593. The van der Waals surface area contributed by atoms with Gasteiger partial charge >= 0.3 is 5.97 Å². The number of nitrogens with zero attached hydrogens (tertiary/aromatic N) is 2. The number of ether oxygens (including phenoxy) is 1. The van der Waals surface area contributed by atoms with Gasteiger partial charge in [-0.15, -0.1) is 0 Å². The van der Waals surface area contributed by atoms with Crippen molar-refractivity contribution in [3.05, 3.63) is 61.9 Å². The quantitative estimate of drug-likeness (QED) is 0.379. The van der Waals surface area contributed by atoms with E-state index >= 15 is 0 Å². The van der Waals surface area contributed by atoms with Crippen LogP contribution in [-0.2, 0) is 23.0 Å². The normalized spacial score (nSPS) is 18.3. The van der Waals surface area contributed by atoms with Crippen LogP contribution in [0, 0.1) is 5.92 Å². The van der Waals surface area contributed by atoms with Gasteiger partial charge in [0.2, 0.25) is 0 Å². The topological polar surface area (TPSA) is 51.5 Å². The number of methoxy groups -OCH3 is 1. The third-order valence-electron chi connectivity index (χ3n) is 6.68. The number of allylic oxidation sites excluding steroid dienone is 1. The predicted molar refractivity (Wildman–Crippen MR) is 132 cm³/mol. The second-order valence-corrected chi connectivity index (χ2v) is 10.4. The predicted octanol–water partition coefficient (Wildman–Crippen LogP) is 5.53. The molecule has 1 saturated heterocycles. The van der Waals surface area contributed by atoms with Crippen LogP contribution in [-0.4, -0.2) is 47.2 Å². The minimum atomic E-state index is -2.96. The van der Waals surface area contributed by atoms with Gasteiger partial charge in [0.25, 0.3) is 11.6 Å². The average Bonchev–Trinajstić information content (AvgIpc) is 3.05. The van der Waals surface area contributed by atoms with Crippen LogP contribution in [0.5, 0.6) is 0 Å². The first-order chi connectivity index (χ1) is 15.9. The summed E-state index contributed by atoms with van der Waals surface area (Å²) in [7, 11) is 4.76. The molecule has 1 fully saturated rings. The summed E-state index contributed by atoms with van der Waals surface area (Å²) in [5.74, 6) is -1.01. The summed E-state index contributed by atoms with van der Waals surface area (Å²) >= 11 is 13.1. The molecule has 2 heterocycles. The lowest BCUT2D eigenvalue weighted by molar-refractivity contribution is -0.149. The summed E-state index contributed by atoms with van der Waals surface area (Å²) in [6, 6.07) is 5.20. The van der Waals surface area contributed by atoms with Crippen LogP contribution in [0.15, 0.2) is 23.8 Å². The largest absolute Gasteiger partial charge is 0.469 e. The van der Waals surface area contributed by atoms with Crippen molar-refractivity contribution in [2.24, 2.45) is 13.0 Å². The fourth-order valence-electron chi connectivity index (χ4n) is 4.58. The van der Waals surface area contributed by atoms with Crippen molar-refractivity contribution in [2.75, 3.05) is 20.2 Å². The summed E-state index contributed by atoms with van der Waals surface area (Å²) < 4.78 is 34.5. The maximum atomic E-state index is 14.0. The van der Waals surface area contributed by atoms with Gasteiger partial charge in [-0.3, -0.25) is 9.59 Å². The van der Waals surface area contributed by atoms with Gasteiger partial charge < -0.3 is 14.2 Å². The third kappa shape index (κ3) is 4.50. The number of fused-ring (bicyclic) bond motifs is 1. The molecular weight excluding hydrogens is 504 g/mol. The zero-order chi connectivity index (χ0) is 24.9. The first-order valence-electron chi connectivity index (χ1n) is 10.8. The number of carbonyl (C=O) groups is 2. The van der Waals surface area contributed by atoms with Crippen LogP contribution < -0.4 is 0 Å². The molecule has 4 rings (SSSR count). The van der Waals surface area contributed by atoms with E-state index in [4.69, 9.17) is 27.9 Å². The number of carbonyl (C=O) groups excluding carboxylic acids is 2. The smallest absolute Gasteiger partial charge is 0.312 e. The monoisotopic (exact) mass is 528 g/mol. The molecule has 0 radical (unpaired) electrons. The van der Waals surface area contributed by atoms with Crippen LogP contribution in [0.25, 0.3) is 6.08 Å². The Morgan fingerprint density at radius 3 is 2.56 bits per heavy atom. The number of alkyl halides is 2. The lowest BCUT2D eigenvalue weighted by Gasteiger charge is -2.37. The molecule has 182 valence electrons. The molecule has 2 atom stereocenters. The van der Waals surface area contributed by atoms with Gasteiger partial charge in [-0.25, -0.2) is 0 Å². The standard InChI is InChI=1S/C24H25Cl2F2N2O3P/c1-12-6-14(24(27,28)34)7-20-17(12)8-15(29(20)2)9-18-19(25)5-4-16(21(18)26)22(31)30-10-13(11-30)23(32)33-3/h4-5,7-8,12-13H,6,9-11,34H2,1-3H3. The van der Waals surface area contributed by atoms with Gasteiger partial charge in [0.15, 0.2) is 0 Å². The van der Waals surface area contributed by atoms with Gasteiger partial charge in [0, 0.05) is 48.5 Å². The van der Waals surface area contributed by atoms with Gasteiger partial charge in [-0.2, -0.15) is 8.78 Å². The van der Waals surface area contributed by atoms with Crippen molar-refractivity contribution in [1.29, 1.82) is 0 Å². The van der Waals surface area contributed by atoms with Gasteiger partial charge in [0.1, 0.15) is 0 Å². The second-order valence-electron chi connectivity index (χ2n) is 8.93. The van der Waals surface area contributed by atoms with Gasteiger partial charge in [0.05, 0.1) is 23.6 Å². The number of esters is 1. The lowest BCUT2D eigenvalue weighted by atomic mass is 9.88.